The second kappa shape index (κ2) is 8.23. The van der Waals surface area contributed by atoms with E-state index in [4.69, 9.17) is 4.74 Å². The predicted octanol–water partition coefficient (Wildman–Crippen LogP) is 4.26. The van der Waals surface area contributed by atoms with Crippen LogP contribution >= 0.6 is 0 Å². The highest BCUT2D eigenvalue weighted by molar-refractivity contribution is 5.99. The Morgan fingerprint density at radius 3 is 2.47 bits per heavy atom. The molecule has 2 N–H and O–H groups in total. The molecule has 11 atom stereocenters. The number of rotatable bonds is 6. The number of carbonyl (C=O) groups is 3. The molecule has 0 amide bonds. The number of carbonyl (C=O) groups excluding carboxylic acids is 3. The fourth-order valence-electron chi connectivity index (χ4n) is 10.5. The van der Waals surface area contributed by atoms with Crippen molar-refractivity contribution in [2.45, 2.75) is 98.2 Å². The van der Waals surface area contributed by atoms with E-state index < -0.39 is 29.8 Å². The van der Waals surface area contributed by atoms with Gasteiger partial charge in [-0.3, -0.25) is 14.4 Å². The van der Waals surface area contributed by atoms with Crippen LogP contribution in [0.25, 0.3) is 0 Å². The third kappa shape index (κ3) is 3.12. The minimum absolute atomic E-state index is 0.143. The van der Waals surface area contributed by atoms with Crippen molar-refractivity contribution in [3.05, 3.63) is 12.2 Å². The van der Waals surface area contributed by atoms with Crippen molar-refractivity contribution >= 4 is 17.5 Å². The molecular weight excluding hydrogens is 456 g/mol. The summed E-state index contributed by atoms with van der Waals surface area (Å²) in [6.07, 6.45) is 5.67. The Hall–Kier alpha value is -1.53. The molecule has 0 aromatic heterocycles. The molecule has 5 fully saturated rings. The third-order valence-electron chi connectivity index (χ3n) is 12.6. The topological polar surface area (TPSA) is 101 Å². The molecule has 200 valence electrons. The van der Waals surface area contributed by atoms with E-state index in [0.717, 1.165) is 32.1 Å². The number of hydrogen-bond acceptors (Lipinski definition) is 6. The lowest BCUT2D eigenvalue weighted by Crippen LogP contribution is -2.57. The lowest BCUT2D eigenvalue weighted by atomic mass is 9.43. The number of Topliss-reactive ketones (excluding diaryl/α,β-unsaturated/α-hetero) is 2. The summed E-state index contributed by atoms with van der Waals surface area (Å²) in [6.45, 7) is 13.5. The van der Waals surface area contributed by atoms with Crippen molar-refractivity contribution in [3.63, 3.8) is 0 Å². The van der Waals surface area contributed by atoms with Crippen LogP contribution in [0.3, 0.4) is 0 Å². The Morgan fingerprint density at radius 1 is 1.14 bits per heavy atom. The second-order valence-corrected chi connectivity index (χ2v) is 13.6. The predicted molar refractivity (Wildman–Crippen MR) is 135 cm³/mol. The number of ether oxygens (including phenoxy) is 1. The highest BCUT2D eigenvalue weighted by atomic mass is 16.5. The summed E-state index contributed by atoms with van der Waals surface area (Å²) in [7, 11) is 0. The molecule has 5 saturated carbocycles. The summed E-state index contributed by atoms with van der Waals surface area (Å²) >= 11 is 0. The zero-order valence-corrected chi connectivity index (χ0v) is 22.6. The van der Waals surface area contributed by atoms with E-state index in [1.165, 1.54) is 13.3 Å². The molecule has 0 aliphatic heterocycles. The van der Waals surface area contributed by atoms with Gasteiger partial charge in [-0.1, -0.05) is 34.3 Å². The quantitative estimate of drug-likeness (QED) is 0.417. The van der Waals surface area contributed by atoms with Gasteiger partial charge in [0.25, 0.3) is 0 Å². The number of ketones is 2. The second-order valence-electron chi connectivity index (χ2n) is 13.6. The Morgan fingerprint density at radius 2 is 1.83 bits per heavy atom. The van der Waals surface area contributed by atoms with Gasteiger partial charge in [0.15, 0.2) is 5.78 Å². The van der Waals surface area contributed by atoms with Gasteiger partial charge in [0, 0.05) is 37.7 Å². The summed E-state index contributed by atoms with van der Waals surface area (Å²) < 4.78 is 5.87. The van der Waals surface area contributed by atoms with Crippen LogP contribution in [-0.4, -0.2) is 46.6 Å². The number of hydrogen-bond donors (Lipinski definition) is 2. The molecule has 5 rings (SSSR count). The summed E-state index contributed by atoms with van der Waals surface area (Å²) in [5.74, 6) is -0.331. The van der Waals surface area contributed by atoms with E-state index in [0.29, 0.717) is 30.5 Å². The van der Waals surface area contributed by atoms with Crippen molar-refractivity contribution in [1.29, 1.82) is 0 Å². The normalized spacial score (nSPS) is 48.5. The molecule has 0 heterocycles. The molecule has 0 saturated heterocycles. The molecular formula is C30H44O6. The summed E-state index contributed by atoms with van der Waals surface area (Å²) in [5.41, 5.74) is 0.118. The number of aliphatic hydroxyl groups is 2. The first-order chi connectivity index (χ1) is 16.8. The SMILES string of the molecule is C=C(C(=O)C(O)C1[C@@H](OC(C)=O)C[C@@]2(C)[C@@H]3CC[C@H]4[C@H](C)C(=O)CC[C@@]45C[C@@]35CC[C@]12C)[C@@H](C)CO. The molecule has 2 spiro atoms. The fraction of sp³-hybridized carbons (Fsp3) is 0.833. The van der Waals surface area contributed by atoms with Gasteiger partial charge in [0.05, 0.1) is 0 Å². The van der Waals surface area contributed by atoms with Crippen LogP contribution in [0.1, 0.15) is 86.0 Å². The Balaban J connectivity index is 1.51. The van der Waals surface area contributed by atoms with Gasteiger partial charge in [-0.15, -0.1) is 0 Å². The third-order valence-corrected chi connectivity index (χ3v) is 12.6. The summed E-state index contributed by atoms with van der Waals surface area (Å²) in [4.78, 5) is 38.1. The van der Waals surface area contributed by atoms with Crippen molar-refractivity contribution in [3.8, 4) is 0 Å². The highest BCUT2D eigenvalue weighted by Crippen LogP contribution is 2.88. The van der Waals surface area contributed by atoms with Crippen molar-refractivity contribution in [2.24, 2.45) is 51.2 Å². The first kappa shape index (κ1) is 26.1. The van der Waals surface area contributed by atoms with Gasteiger partial charge in [-0.2, -0.15) is 0 Å². The van der Waals surface area contributed by atoms with Crippen LogP contribution in [0.5, 0.6) is 0 Å². The van der Waals surface area contributed by atoms with Gasteiger partial charge in [0.2, 0.25) is 0 Å². The molecule has 0 aromatic rings. The lowest BCUT2D eigenvalue weighted by Gasteiger charge is -2.61. The van der Waals surface area contributed by atoms with E-state index in [1.807, 2.05) is 0 Å². The zero-order chi connectivity index (χ0) is 26.4. The van der Waals surface area contributed by atoms with Gasteiger partial charge in [0.1, 0.15) is 18.0 Å². The van der Waals surface area contributed by atoms with Crippen molar-refractivity contribution in [1.82, 2.24) is 0 Å². The molecule has 36 heavy (non-hydrogen) atoms. The van der Waals surface area contributed by atoms with Crippen LogP contribution in [0.4, 0.5) is 0 Å². The standard InChI is InChI=1S/C30H44O6/c1-16(14-31)17(2)25(34)26(35)24-22(36-19(4)32)13-28(6)23-8-7-20-18(3)21(33)9-10-29(20)15-30(23,29)12-11-27(24,28)5/h16,18,20,22-24,26,31,35H,2,7-15H2,1,3-6H3/t16-,18-,20-,22-,23-,24?,26?,27+,28-,29+,30-/m0/s1. The van der Waals surface area contributed by atoms with E-state index in [-0.39, 0.29) is 45.7 Å². The molecule has 2 unspecified atom stereocenters. The zero-order valence-electron chi connectivity index (χ0n) is 22.6. The summed E-state index contributed by atoms with van der Waals surface area (Å²) in [5, 5.41) is 21.1. The molecule has 0 radical (unpaired) electrons. The van der Waals surface area contributed by atoms with Gasteiger partial charge >= 0.3 is 5.97 Å². The lowest BCUT2D eigenvalue weighted by molar-refractivity contribution is -0.161. The first-order valence-corrected chi connectivity index (χ1v) is 14.0. The fourth-order valence-corrected chi connectivity index (χ4v) is 10.5. The first-order valence-electron chi connectivity index (χ1n) is 14.0. The van der Waals surface area contributed by atoms with Crippen LogP contribution in [0, 0.1) is 51.2 Å². The van der Waals surface area contributed by atoms with Gasteiger partial charge < -0.3 is 14.9 Å². The number of aliphatic hydroxyl groups excluding tert-OH is 2. The van der Waals surface area contributed by atoms with E-state index in [1.54, 1.807) is 6.92 Å². The van der Waals surface area contributed by atoms with Crippen LogP contribution in [0.2, 0.25) is 0 Å². The van der Waals surface area contributed by atoms with Crippen LogP contribution in [0.15, 0.2) is 12.2 Å². The monoisotopic (exact) mass is 500 g/mol. The average Bonchev–Trinajstić information content (AvgIpc) is 3.44. The van der Waals surface area contributed by atoms with Crippen molar-refractivity contribution < 1.29 is 29.3 Å². The largest absolute Gasteiger partial charge is 0.462 e. The maximum atomic E-state index is 13.4. The maximum Gasteiger partial charge on any atom is 0.302 e. The molecule has 0 aromatic carbocycles. The Kier molecular flexibility index (Phi) is 5.97. The molecule has 5 aliphatic carbocycles. The minimum atomic E-state index is -1.33. The molecule has 0 bridgehead atoms. The number of esters is 1. The Bertz CT molecular complexity index is 1000. The number of fused-ring (bicyclic) bond motifs is 2. The van der Waals surface area contributed by atoms with Crippen molar-refractivity contribution in [2.75, 3.05) is 6.61 Å². The molecule has 6 heteroatoms. The van der Waals surface area contributed by atoms with E-state index in [9.17, 15) is 24.6 Å². The van der Waals surface area contributed by atoms with Gasteiger partial charge in [-0.25, -0.2) is 0 Å². The van der Waals surface area contributed by atoms with E-state index in [2.05, 4.69) is 27.4 Å². The van der Waals surface area contributed by atoms with Gasteiger partial charge in [-0.05, 0) is 84.0 Å². The molecule has 6 nitrogen and oxygen atoms in total. The maximum absolute atomic E-state index is 13.4. The average molecular weight is 501 g/mol. The minimum Gasteiger partial charge on any atom is -0.462 e. The Labute approximate surface area is 215 Å². The van der Waals surface area contributed by atoms with Crippen LogP contribution in [-0.2, 0) is 19.1 Å². The summed E-state index contributed by atoms with van der Waals surface area (Å²) in [6, 6.07) is 0. The molecule has 5 aliphatic rings. The van der Waals surface area contributed by atoms with Crippen LogP contribution < -0.4 is 0 Å². The highest BCUT2D eigenvalue weighted by Gasteiger charge is 2.82. The van der Waals surface area contributed by atoms with E-state index >= 15 is 0 Å². The smallest absolute Gasteiger partial charge is 0.302 e.